The minimum Gasteiger partial charge on any atom is -0.457 e. The standard InChI is InChI=1S/C106H66N4O2/c1-4-28-67(29-5-1)95-66-98(108-103(107-95)76-37-27-35-72(61-76)77-38-10-11-39-78(77)73-55-58-93-101(63-73)111-99-53-25-24-52-91(99)105(93)87-48-20-16-43-82(87)83-44-17-21-49-88(83)105)75-36-26-34-70(60-75)71-54-57-92-100(62-71)112-102-64-74(56-59-94(102)106(92)89-50-22-18-45-84(89)85-46-19-23-51-90(85)106)79-40-12-13-41-80(79)81-42-14-15-47-86(81)104-109-96(68-30-6-2-7-31-68)65-97(110-104)69-32-8-3-9-33-69/h1-66H. The molecule has 6 heteroatoms. The third-order valence-corrected chi connectivity index (χ3v) is 23.3. The van der Waals surface area contributed by atoms with Crippen molar-refractivity contribution in [3.63, 3.8) is 0 Å². The summed E-state index contributed by atoms with van der Waals surface area (Å²) in [6, 6.07) is 143. The van der Waals surface area contributed by atoms with Crippen LogP contribution in [0.4, 0.5) is 0 Å². The van der Waals surface area contributed by atoms with E-state index in [4.69, 9.17) is 29.4 Å². The first-order chi connectivity index (χ1) is 55.5. The molecule has 0 amide bonds. The molecule has 2 aliphatic heterocycles. The number of aromatic nitrogens is 4. The molecular formula is C106H66N4O2. The fourth-order valence-corrected chi connectivity index (χ4v) is 18.4. The van der Waals surface area contributed by atoms with Crippen molar-refractivity contribution in [1.82, 2.24) is 19.9 Å². The molecule has 0 bridgehead atoms. The first-order valence-corrected chi connectivity index (χ1v) is 38.2. The number of ether oxygens (including phenoxy) is 2. The summed E-state index contributed by atoms with van der Waals surface area (Å²) in [5.74, 6) is 4.57. The van der Waals surface area contributed by atoms with Gasteiger partial charge in [-0.1, -0.05) is 352 Å². The molecule has 0 fully saturated rings. The van der Waals surface area contributed by atoms with Crippen LogP contribution in [0.3, 0.4) is 0 Å². The summed E-state index contributed by atoms with van der Waals surface area (Å²) in [6.45, 7) is 0. The Bertz CT molecular complexity index is 6700. The topological polar surface area (TPSA) is 70.0 Å². The van der Waals surface area contributed by atoms with Crippen molar-refractivity contribution in [1.29, 1.82) is 0 Å². The number of nitrogens with zero attached hydrogens (tertiary/aromatic N) is 4. The van der Waals surface area contributed by atoms with Gasteiger partial charge in [0.1, 0.15) is 23.0 Å². The van der Waals surface area contributed by atoms with Crippen LogP contribution in [0, 0.1) is 0 Å². The molecule has 2 spiro atoms. The molecule has 4 heterocycles. The van der Waals surface area contributed by atoms with Crippen molar-refractivity contribution in [3.8, 4) is 169 Å². The molecule has 0 unspecified atom stereocenters. The van der Waals surface area contributed by atoms with Gasteiger partial charge in [-0.25, -0.2) is 19.9 Å². The molecule has 18 aromatic rings. The van der Waals surface area contributed by atoms with E-state index in [1.165, 1.54) is 44.5 Å². The van der Waals surface area contributed by atoms with E-state index in [-0.39, 0.29) is 0 Å². The van der Waals surface area contributed by atoms with Crippen molar-refractivity contribution in [3.05, 3.63) is 445 Å². The Kier molecular flexibility index (Phi) is 15.0. The van der Waals surface area contributed by atoms with Crippen LogP contribution in [0.2, 0.25) is 0 Å². The Hall–Kier alpha value is -14.7. The van der Waals surface area contributed by atoms with Crippen LogP contribution in [0.5, 0.6) is 23.0 Å². The Morgan fingerprint density at radius 1 is 0.152 bits per heavy atom. The van der Waals surface area contributed by atoms with Crippen molar-refractivity contribution in [2.24, 2.45) is 0 Å². The fraction of sp³-hybridized carbons (Fsp3) is 0.0189. The van der Waals surface area contributed by atoms with Gasteiger partial charge in [0.25, 0.3) is 0 Å². The lowest BCUT2D eigenvalue weighted by molar-refractivity contribution is 0.436. The Morgan fingerprint density at radius 3 is 0.902 bits per heavy atom. The van der Waals surface area contributed by atoms with Gasteiger partial charge in [-0.2, -0.15) is 0 Å². The van der Waals surface area contributed by atoms with E-state index in [0.717, 1.165) is 157 Å². The largest absolute Gasteiger partial charge is 0.457 e. The monoisotopic (exact) mass is 1430 g/mol. The number of para-hydroxylation sites is 1. The van der Waals surface area contributed by atoms with Gasteiger partial charge in [0.05, 0.1) is 33.6 Å². The van der Waals surface area contributed by atoms with Crippen LogP contribution in [0.1, 0.15) is 44.5 Å². The Morgan fingerprint density at radius 2 is 0.429 bits per heavy atom. The van der Waals surface area contributed by atoms with E-state index < -0.39 is 10.8 Å². The highest BCUT2D eigenvalue weighted by atomic mass is 16.5. The van der Waals surface area contributed by atoms with Crippen LogP contribution in [0.25, 0.3) is 146 Å². The number of fused-ring (bicyclic) bond motifs is 18. The van der Waals surface area contributed by atoms with Gasteiger partial charge in [0.2, 0.25) is 0 Å². The summed E-state index contributed by atoms with van der Waals surface area (Å²) in [4.78, 5) is 21.6. The predicted molar refractivity (Wildman–Crippen MR) is 452 cm³/mol. The molecule has 4 aliphatic rings. The minimum absolute atomic E-state index is 0.550. The average molecular weight is 1430 g/mol. The van der Waals surface area contributed by atoms with Crippen LogP contribution in [-0.2, 0) is 10.8 Å². The van der Waals surface area contributed by atoms with Gasteiger partial charge >= 0.3 is 0 Å². The summed E-state index contributed by atoms with van der Waals surface area (Å²) in [6.07, 6.45) is 0. The van der Waals surface area contributed by atoms with Crippen molar-refractivity contribution in [2.45, 2.75) is 10.8 Å². The highest BCUT2D eigenvalue weighted by Gasteiger charge is 2.53. The van der Waals surface area contributed by atoms with Gasteiger partial charge in [-0.15, -0.1) is 0 Å². The molecule has 0 saturated heterocycles. The van der Waals surface area contributed by atoms with Crippen LogP contribution >= 0.6 is 0 Å². The molecule has 0 radical (unpaired) electrons. The predicted octanol–water partition coefficient (Wildman–Crippen LogP) is 26.5. The van der Waals surface area contributed by atoms with Crippen molar-refractivity contribution in [2.75, 3.05) is 0 Å². The first kappa shape index (κ1) is 64.5. The van der Waals surface area contributed by atoms with Crippen molar-refractivity contribution < 1.29 is 9.47 Å². The maximum Gasteiger partial charge on any atom is 0.161 e. The molecule has 22 rings (SSSR count). The smallest absolute Gasteiger partial charge is 0.161 e. The average Bonchev–Trinajstić information content (AvgIpc) is 1.53. The summed E-state index contributed by atoms with van der Waals surface area (Å²) in [5.41, 5.74) is 32.8. The molecule has 2 aliphatic carbocycles. The lowest BCUT2D eigenvalue weighted by Gasteiger charge is -2.39. The molecule has 2 aromatic heterocycles. The highest BCUT2D eigenvalue weighted by molar-refractivity contribution is 5.96. The third-order valence-electron chi connectivity index (χ3n) is 23.3. The maximum atomic E-state index is 7.51. The SMILES string of the molecule is c1ccc(-c2cc(-c3cccc(-c4ccc5c(c4)Oc4cc(-c6ccccc6-c6ccccc6-c6nc(-c7ccccc7)cc(-c7ccccc7)n6)ccc4C54c5ccccc5-c5ccccc54)c3)nc(-c3cccc(-c4ccccc4-c4ccc5c(c4)Oc4ccccc4C54c5ccccc5-c5ccccc54)c3)n2)cc1. The second kappa shape index (κ2) is 26.0. The van der Waals surface area contributed by atoms with Crippen LogP contribution < -0.4 is 9.47 Å². The molecule has 0 saturated carbocycles. The summed E-state index contributed by atoms with van der Waals surface area (Å²) >= 11 is 0. The lowest BCUT2D eigenvalue weighted by Crippen LogP contribution is -2.32. The van der Waals surface area contributed by atoms with Crippen LogP contribution in [-0.4, -0.2) is 19.9 Å². The zero-order valence-electron chi connectivity index (χ0n) is 60.7. The molecule has 112 heavy (non-hydrogen) atoms. The van der Waals surface area contributed by atoms with E-state index in [9.17, 15) is 0 Å². The van der Waals surface area contributed by atoms with E-state index in [1.54, 1.807) is 0 Å². The van der Waals surface area contributed by atoms with Gasteiger partial charge < -0.3 is 9.47 Å². The van der Waals surface area contributed by atoms with Gasteiger partial charge in [0, 0.05) is 55.6 Å². The van der Waals surface area contributed by atoms with E-state index in [2.05, 4.69) is 382 Å². The zero-order valence-corrected chi connectivity index (χ0v) is 60.7. The molecule has 16 aromatic carbocycles. The van der Waals surface area contributed by atoms with Crippen LogP contribution in [0.15, 0.2) is 400 Å². The molecule has 0 atom stereocenters. The van der Waals surface area contributed by atoms with E-state index in [1.807, 2.05) is 18.2 Å². The second-order valence-corrected chi connectivity index (χ2v) is 29.3. The summed E-state index contributed by atoms with van der Waals surface area (Å²) in [5, 5.41) is 0. The van der Waals surface area contributed by atoms with Gasteiger partial charge in [-0.3, -0.25) is 0 Å². The number of hydrogen-bond donors (Lipinski definition) is 0. The summed E-state index contributed by atoms with van der Waals surface area (Å²) < 4.78 is 14.5. The van der Waals surface area contributed by atoms with E-state index in [0.29, 0.717) is 11.6 Å². The quantitative estimate of drug-likeness (QED) is 0.129. The first-order valence-electron chi connectivity index (χ1n) is 38.2. The van der Waals surface area contributed by atoms with E-state index >= 15 is 0 Å². The lowest BCUT2D eigenvalue weighted by atomic mass is 9.65. The van der Waals surface area contributed by atoms with Gasteiger partial charge in [0.15, 0.2) is 11.6 Å². The Balaban J connectivity index is 0.632. The Labute approximate surface area is 649 Å². The number of rotatable bonds is 11. The molecular weight excluding hydrogens is 1360 g/mol. The molecule has 6 nitrogen and oxygen atoms in total. The van der Waals surface area contributed by atoms with Crippen molar-refractivity contribution >= 4 is 0 Å². The fourth-order valence-electron chi connectivity index (χ4n) is 18.4. The summed E-state index contributed by atoms with van der Waals surface area (Å²) in [7, 11) is 0. The highest BCUT2D eigenvalue weighted by Crippen LogP contribution is 2.65. The zero-order chi connectivity index (χ0) is 73.9. The second-order valence-electron chi connectivity index (χ2n) is 29.3. The number of benzene rings is 16. The number of hydrogen-bond acceptors (Lipinski definition) is 6. The maximum absolute atomic E-state index is 7.51. The van der Waals surface area contributed by atoms with Gasteiger partial charge in [-0.05, 0) is 149 Å². The normalized spacial score (nSPS) is 13.1. The minimum atomic E-state index is -0.701. The third kappa shape index (κ3) is 10.2. The molecule has 0 N–H and O–H groups in total. The molecule has 522 valence electrons.